The van der Waals surface area contributed by atoms with Gasteiger partial charge in [-0.05, 0) is 62.5 Å². The number of halogens is 5. The summed E-state index contributed by atoms with van der Waals surface area (Å²) in [5.74, 6) is -7.37. The lowest BCUT2D eigenvalue weighted by molar-refractivity contribution is -0.289. The van der Waals surface area contributed by atoms with Gasteiger partial charge in [0.15, 0.2) is 0 Å². The minimum atomic E-state index is -6.06. The van der Waals surface area contributed by atoms with Crippen LogP contribution in [0.3, 0.4) is 0 Å². The lowest BCUT2D eigenvalue weighted by Crippen LogP contribution is -2.35. The van der Waals surface area contributed by atoms with Crippen LogP contribution < -0.4 is 9.46 Å². The number of aryl methyl sites for hydroxylation is 2. The molecule has 0 aliphatic carbocycles. The molecule has 15 heteroatoms. The molecule has 1 fully saturated rings. The molecule has 1 saturated heterocycles. The Balaban J connectivity index is 1.70. The lowest BCUT2D eigenvalue weighted by atomic mass is 9.91. The summed E-state index contributed by atoms with van der Waals surface area (Å²) >= 11 is 0. The highest BCUT2D eigenvalue weighted by atomic mass is 32.2. The minimum absolute atomic E-state index is 0.0505. The molecule has 1 atom stereocenters. The topological polar surface area (TPSA) is 102 Å². The molecule has 0 spiro atoms. The van der Waals surface area contributed by atoms with Crippen molar-refractivity contribution in [3.05, 3.63) is 77.6 Å². The number of benzene rings is 2. The first-order valence-electron chi connectivity index (χ1n) is 13.6. The molecule has 0 saturated carbocycles. The number of nitrogens with one attached hydrogen (secondary N) is 1. The Kier molecular flexibility index (Phi) is 8.37. The molecule has 0 radical (unpaired) electrons. The first kappa shape index (κ1) is 31.3. The standard InChI is InChI=1S/C29H29F5N6O3S/c1-18-8-4-5-12-23(18)25-24(28(30,31)29(32,33)34)26(37-27(36-25)38-44(41,42)22-15-35-40(3)17-22)43-21-11-6-9-19(14-21)20-10-7-13-39(2)16-20/h4-6,8-9,11-12,14-15,17,20H,7,10,13,16H2,1-3H3,(H,36,37,38). The number of hydrogen-bond acceptors (Lipinski definition) is 7. The van der Waals surface area contributed by atoms with Crippen LogP contribution in [-0.2, 0) is 23.0 Å². The molecular weight excluding hydrogens is 607 g/mol. The van der Waals surface area contributed by atoms with E-state index in [-0.39, 0.29) is 22.1 Å². The fourth-order valence-corrected chi connectivity index (χ4v) is 6.04. The third-order valence-electron chi connectivity index (χ3n) is 7.33. The highest BCUT2D eigenvalue weighted by Crippen LogP contribution is 2.51. The molecule has 1 N–H and O–H groups in total. The summed E-state index contributed by atoms with van der Waals surface area (Å²) < 4.78 is 108. The Bertz CT molecular complexity index is 1780. The number of nitrogens with zero attached hydrogens (tertiary/aromatic N) is 5. The molecule has 1 unspecified atom stereocenters. The fraction of sp³-hybridized carbons (Fsp3) is 0.345. The van der Waals surface area contributed by atoms with E-state index in [1.165, 1.54) is 49.1 Å². The Morgan fingerprint density at radius 3 is 2.43 bits per heavy atom. The van der Waals surface area contributed by atoms with Crippen LogP contribution in [0.25, 0.3) is 11.3 Å². The third kappa shape index (κ3) is 6.38. The van der Waals surface area contributed by atoms with Gasteiger partial charge in [0.1, 0.15) is 16.2 Å². The number of anilines is 1. The van der Waals surface area contributed by atoms with Crippen molar-refractivity contribution in [1.29, 1.82) is 0 Å². The van der Waals surface area contributed by atoms with Crippen molar-refractivity contribution in [3.63, 3.8) is 0 Å². The number of rotatable bonds is 8. The largest absolute Gasteiger partial charge is 0.458 e. The van der Waals surface area contributed by atoms with E-state index in [9.17, 15) is 21.6 Å². The van der Waals surface area contributed by atoms with E-state index in [2.05, 4.69) is 24.7 Å². The average Bonchev–Trinajstić information content (AvgIpc) is 3.40. The van der Waals surface area contributed by atoms with E-state index >= 15 is 8.78 Å². The highest BCUT2D eigenvalue weighted by Gasteiger charge is 2.62. The minimum Gasteiger partial charge on any atom is -0.438 e. The number of piperidine rings is 1. The highest BCUT2D eigenvalue weighted by molar-refractivity contribution is 7.92. The van der Waals surface area contributed by atoms with Crippen molar-refractivity contribution < 1.29 is 35.1 Å². The maximum atomic E-state index is 15.4. The molecule has 9 nitrogen and oxygen atoms in total. The predicted molar refractivity (Wildman–Crippen MR) is 152 cm³/mol. The van der Waals surface area contributed by atoms with Gasteiger partial charge in [-0.15, -0.1) is 0 Å². The second-order valence-corrected chi connectivity index (χ2v) is 12.4. The second kappa shape index (κ2) is 11.8. The van der Waals surface area contributed by atoms with Gasteiger partial charge in [-0.25, -0.2) is 18.1 Å². The molecule has 2 aromatic carbocycles. The Labute approximate surface area is 250 Å². The monoisotopic (exact) mass is 636 g/mol. The van der Waals surface area contributed by atoms with E-state index in [1.54, 1.807) is 18.2 Å². The molecule has 2 aromatic heterocycles. The predicted octanol–water partition coefficient (Wildman–Crippen LogP) is 6.24. The number of aromatic nitrogens is 4. The van der Waals surface area contributed by atoms with Gasteiger partial charge in [-0.3, -0.25) is 4.68 Å². The van der Waals surface area contributed by atoms with E-state index in [4.69, 9.17) is 4.74 Å². The zero-order valence-electron chi connectivity index (χ0n) is 23.9. The van der Waals surface area contributed by atoms with Gasteiger partial charge >= 0.3 is 12.1 Å². The van der Waals surface area contributed by atoms with Crippen LogP contribution in [0.4, 0.5) is 27.9 Å². The normalized spacial score (nSPS) is 16.6. The van der Waals surface area contributed by atoms with Gasteiger partial charge in [0.25, 0.3) is 10.0 Å². The number of ether oxygens (including phenoxy) is 1. The SMILES string of the molecule is Cc1ccccc1-c1nc(NS(=O)(=O)c2cnn(C)c2)nc(Oc2cccc(C3CCCN(C)C3)c2)c1C(F)(F)C(F)(F)F. The summed E-state index contributed by atoms with van der Waals surface area (Å²) in [6, 6.07) is 12.2. The van der Waals surface area contributed by atoms with Crippen molar-refractivity contribution >= 4 is 16.0 Å². The number of hydrogen-bond donors (Lipinski definition) is 1. The maximum absolute atomic E-state index is 15.4. The van der Waals surface area contributed by atoms with Crippen molar-refractivity contribution in [2.24, 2.45) is 7.05 Å². The lowest BCUT2D eigenvalue weighted by Gasteiger charge is -2.30. The molecule has 0 amide bonds. The van der Waals surface area contributed by atoms with Gasteiger partial charge in [-0.1, -0.05) is 36.4 Å². The molecular formula is C29H29F5N6O3S. The van der Waals surface area contributed by atoms with Crippen LogP contribution in [0, 0.1) is 6.92 Å². The summed E-state index contributed by atoms with van der Waals surface area (Å²) in [4.78, 5) is 9.54. The molecule has 1 aliphatic rings. The van der Waals surface area contributed by atoms with Crippen molar-refractivity contribution in [1.82, 2.24) is 24.6 Å². The molecule has 44 heavy (non-hydrogen) atoms. The number of likely N-dealkylation sites (N-methyl/N-ethyl adjacent to an activating group) is 1. The van der Waals surface area contributed by atoms with Gasteiger partial charge in [0.05, 0.1) is 11.9 Å². The fourth-order valence-electron chi connectivity index (χ4n) is 5.12. The van der Waals surface area contributed by atoms with E-state index < -0.39 is 45.2 Å². The van der Waals surface area contributed by atoms with E-state index in [0.29, 0.717) is 5.56 Å². The van der Waals surface area contributed by atoms with Crippen LogP contribution in [0.15, 0.2) is 65.8 Å². The van der Waals surface area contributed by atoms with Gasteiger partial charge in [0.2, 0.25) is 11.8 Å². The Morgan fingerprint density at radius 1 is 1.02 bits per heavy atom. The second-order valence-electron chi connectivity index (χ2n) is 10.7. The zero-order valence-corrected chi connectivity index (χ0v) is 24.8. The molecule has 1 aliphatic heterocycles. The molecule has 234 valence electrons. The maximum Gasteiger partial charge on any atom is 0.458 e. The van der Waals surface area contributed by atoms with Gasteiger partial charge < -0.3 is 9.64 Å². The van der Waals surface area contributed by atoms with Crippen molar-refractivity contribution in [3.8, 4) is 22.9 Å². The smallest absolute Gasteiger partial charge is 0.438 e. The third-order valence-corrected chi connectivity index (χ3v) is 8.61. The van der Waals surface area contributed by atoms with E-state index in [0.717, 1.165) is 37.7 Å². The summed E-state index contributed by atoms with van der Waals surface area (Å²) in [5, 5.41) is 3.80. The Hall–Kier alpha value is -4.11. The number of likely N-dealkylation sites (tertiary alicyclic amines) is 1. The Morgan fingerprint density at radius 2 is 1.77 bits per heavy atom. The van der Waals surface area contributed by atoms with Crippen LogP contribution in [0.5, 0.6) is 11.6 Å². The van der Waals surface area contributed by atoms with Gasteiger partial charge in [-0.2, -0.15) is 32.0 Å². The zero-order chi connectivity index (χ0) is 31.9. The summed E-state index contributed by atoms with van der Waals surface area (Å²) in [6.45, 7) is 3.15. The summed E-state index contributed by atoms with van der Waals surface area (Å²) in [6.07, 6.45) is -2.07. The van der Waals surface area contributed by atoms with Crippen LogP contribution in [-0.4, -0.2) is 59.4 Å². The van der Waals surface area contributed by atoms with Gasteiger partial charge in [0, 0.05) is 25.4 Å². The molecule has 5 rings (SSSR count). The quantitative estimate of drug-likeness (QED) is 0.229. The average molecular weight is 637 g/mol. The van der Waals surface area contributed by atoms with Crippen LogP contribution in [0.1, 0.15) is 35.4 Å². The van der Waals surface area contributed by atoms with Crippen LogP contribution in [0.2, 0.25) is 0 Å². The molecule has 4 aromatic rings. The van der Waals surface area contributed by atoms with Crippen molar-refractivity contribution in [2.75, 3.05) is 24.9 Å². The first-order valence-corrected chi connectivity index (χ1v) is 15.0. The number of alkyl halides is 5. The number of sulfonamides is 1. The van der Waals surface area contributed by atoms with E-state index in [1.807, 2.05) is 13.1 Å². The van der Waals surface area contributed by atoms with Crippen LogP contribution >= 0.6 is 0 Å². The summed E-state index contributed by atoms with van der Waals surface area (Å²) in [5.41, 5.74) is -1.47. The van der Waals surface area contributed by atoms with Crippen molar-refractivity contribution in [2.45, 2.75) is 42.7 Å². The first-order chi connectivity index (χ1) is 20.7. The summed E-state index contributed by atoms with van der Waals surface area (Å²) in [7, 11) is -0.973. The molecule has 3 heterocycles. The molecule has 0 bridgehead atoms.